The Labute approximate surface area is 148 Å². The smallest absolute Gasteiger partial charge is 0.318 e. The fraction of sp³-hybridized carbons (Fsp3) is 0.474. The molecule has 4 rings (SSSR count). The number of hydrogen-bond acceptors (Lipinski definition) is 3. The van der Waals surface area contributed by atoms with Crippen LogP contribution < -0.4 is 5.32 Å². The largest absolute Gasteiger partial charge is 0.336 e. The number of hydrogen-bond donors (Lipinski definition) is 1. The van der Waals surface area contributed by atoms with Gasteiger partial charge in [0.15, 0.2) is 0 Å². The zero-order chi connectivity index (χ0) is 17.2. The van der Waals surface area contributed by atoms with Gasteiger partial charge in [0.2, 0.25) is 0 Å². The van der Waals surface area contributed by atoms with Gasteiger partial charge in [0.1, 0.15) is 11.9 Å². The van der Waals surface area contributed by atoms with Crippen molar-refractivity contribution in [1.29, 1.82) is 0 Å². The maximum Gasteiger partial charge on any atom is 0.318 e. The molecule has 1 aliphatic carbocycles. The molecule has 1 aromatic heterocycles. The maximum atomic E-state index is 12.8. The van der Waals surface area contributed by atoms with Crippen LogP contribution in [0.1, 0.15) is 30.3 Å². The number of nitrogens with one attached hydrogen (secondary N) is 1. The van der Waals surface area contributed by atoms with E-state index in [2.05, 4.69) is 15.2 Å². The topological polar surface area (TPSA) is 53.4 Å². The van der Waals surface area contributed by atoms with Gasteiger partial charge in [0.05, 0.1) is 0 Å². The van der Waals surface area contributed by atoms with Crippen LogP contribution in [0.15, 0.2) is 42.7 Å². The van der Waals surface area contributed by atoms with Crippen LogP contribution in [0.4, 0.5) is 4.79 Å². The monoisotopic (exact) mass is 339 g/mol. The van der Waals surface area contributed by atoms with Gasteiger partial charge in [0, 0.05) is 51.7 Å². The summed E-state index contributed by atoms with van der Waals surface area (Å²) in [6.45, 7) is 3.56. The zero-order valence-corrected chi connectivity index (χ0v) is 14.6. The Kier molecular flexibility index (Phi) is 4.44. The molecule has 0 spiro atoms. The number of piperazine rings is 1. The molecule has 1 aliphatic heterocycles. The molecule has 6 heteroatoms. The quantitative estimate of drug-likeness (QED) is 0.927. The summed E-state index contributed by atoms with van der Waals surface area (Å²) in [6.07, 6.45) is 6.32. The number of benzene rings is 1. The fourth-order valence-corrected chi connectivity index (χ4v) is 3.54. The Morgan fingerprint density at radius 1 is 1.16 bits per heavy atom. The molecule has 2 aliphatic rings. The normalized spacial score (nSPS) is 19.6. The van der Waals surface area contributed by atoms with Crippen molar-refractivity contribution >= 4 is 6.03 Å². The summed E-state index contributed by atoms with van der Waals surface area (Å²) in [5.74, 6) is 0.844. The van der Waals surface area contributed by atoms with E-state index in [4.69, 9.17) is 0 Å². The van der Waals surface area contributed by atoms with Gasteiger partial charge in [0.25, 0.3) is 0 Å². The van der Waals surface area contributed by atoms with E-state index < -0.39 is 0 Å². The van der Waals surface area contributed by atoms with Gasteiger partial charge < -0.3 is 14.8 Å². The van der Waals surface area contributed by atoms with Crippen molar-refractivity contribution in [2.45, 2.75) is 24.9 Å². The molecule has 1 saturated heterocycles. The van der Waals surface area contributed by atoms with Crippen molar-refractivity contribution in [3.63, 3.8) is 0 Å². The van der Waals surface area contributed by atoms with Crippen molar-refractivity contribution in [3.8, 4) is 0 Å². The highest BCUT2D eigenvalue weighted by atomic mass is 16.2. The Hall–Kier alpha value is -2.34. The first kappa shape index (κ1) is 16.1. The standard InChI is InChI=1S/C19H25N5O/c1-22-10-9-20-18(22)17(15-5-3-2-4-6-15)21-19(25)24-13-11-23(12-14-24)16-7-8-16/h2-6,9-10,16-17H,7-8,11-14H2,1H3,(H,21,25)/t17-/m0/s1. The van der Waals surface area contributed by atoms with Gasteiger partial charge in [-0.1, -0.05) is 30.3 Å². The lowest BCUT2D eigenvalue weighted by Crippen LogP contribution is -2.52. The molecule has 1 saturated carbocycles. The van der Waals surface area contributed by atoms with Crippen LogP contribution >= 0.6 is 0 Å². The van der Waals surface area contributed by atoms with E-state index >= 15 is 0 Å². The van der Waals surface area contributed by atoms with Crippen LogP contribution in [-0.2, 0) is 7.05 Å². The molecule has 0 radical (unpaired) electrons. The molecule has 1 N–H and O–H groups in total. The first-order valence-corrected chi connectivity index (χ1v) is 9.04. The predicted octanol–water partition coefficient (Wildman–Crippen LogP) is 2.00. The van der Waals surface area contributed by atoms with Crippen LogP contribution in [0.5, 0.6) is 0 Å². The fourth-order valence-electron chi connectivity index (χ4n) is 3.54. The van der Waals surface area contributed by atoms with Crippen molar-refractivity contribution in [3.05, 3.63) is 54.1 Å². The molecular formula is C19H25N5O. The summed E-state index contributed by atoms with van der Waals surface area (Å²) in [5.41, 5.74) is 1.04. The highest BCUT2D eigenvalue weighted by Crippen LogP contribution is 2.27. The minimum absolute atomic E-state index is 0.00713. The molecule has 2 amide bonds. The third-order valence-electron chi connectivity index (χ3n) is 5.18. The molecule has 132 valence electrons. The third kappa shape index (κ3) is 3.54. The molecule has 1 aromatic carbocycles. The second-order valence-corrected chi connectivity index (χ2v) is 6.94. The van der Waals surface area contributed by atoms with Gasteiger partial charge in [-0.2, -0.15) is 0 Å². The number of aryl methyl sites for hydroxylation is 1. The van der Waals surface area contributed by atoms with E-state index in [1.807, 2.05) is 53.0 Å². The number of imidazole rings is 1. The SMILES string of the molecule is Cn1ccnc1[C@@H](NC(=O)N1CCN(C2CC2)CC1)c1ccccc1. The average molecular weight is 339 g/mol. The van der Waals surface area contributed by atoms with Gasteiger partial charge in [-0.3, -0.25) is 4.90 Å². The molecule has 0 bridgehead atoms. The molecule has 6 nitrogen and oxygen atoms in total. The highest BCUT2D eigenvalue weighted by molar-refractivity contribution is 5.75. The van der Waals surface area contributed by atoms with Crippen molar-refractivity contribution < 1.29 is 4.79 Å². The summed E-state index contributed by atoms with van der Waals surface area (Å²) in [6, 6.07) is 10.6. The Morgan fingerprint density at radius 3 is 2.48 bits per heavy atom. The van der Waals surface area contributed by atoms with Gasteiger partial charge in [-0.05, 0) is 18.4 Å². The second kappa shape index (κ2) is 6.88. The number of amides is 2. The number of aromatic nitrogens is 2. The Balaban J connectivity index is 1.47. The molecule has 2 heterocycles. The zero-order valence-electron chi connectivity index (χ0n) is 14.6. The first-order valence-electron chi connectivity index (χ1n) is 9.04. The number of carbonyl (C=O) groups excluding carboxylic acids is 1. The molecule has 1 atom stereocenters. The van der Waals surface area contributed by atoms with E-state index in [1.165, 1.54) is 12.8 Å². The van der Waals surface area contributed by atoms with Gasteiger partial charge >= 0.3 is 6.03 Å². The number of nitrogens with zero attached hydrogens (tertiary/aromatic N) is 4. The maximum absolute atomic E-state index is 12.8. The number of urea groups is 1. The van der Waals surface area contributed by atoms with E-state index in [-0.39, 0.29) is 12.1 Å². The Morgan fingerprint density at radius 2 is 1.88 bits per heavy atom. The van der Waals surface area contributed by atoms with Crippen LogP contribution in [0, 0.1) is 0 Å². The van der Waals surface area contributed by atoms with Crippen LogP contribution in [0.2, 0.25) is 0 Å². The lowest BCUT2D eigenvalue weighted by atomic mass is 10.1. The molecule has 2 aromatic rings. The number of rotatable bonds is 4. The van der Waals surface area contributed by atoms with Gasteiger partial charge in [-0.15, -0.1) is 0 Å². The summed E-state index contributed by atoms with van der Waals surface area (Å²) in [5, 5.41) is 3.19. The van der Waals surface area contributed by atoms with Crippen LogP contribution in [0.25, 0.3) is 0 Å². The van der Waals surface area contributed by atoms with E-state index in [0.29, 0.717) is 0 Å². The van der Waals surface area contributed by atoms with Crippen LogP contribution in [-0.4, -0.2) is 57.6 Å². The lowest BCUT2D eigenvalue weighted by Gasteiger charge is -2.35. The highest BCUT2D eigenvalue weighted by Gasteiger charge is 2.33. The van der Waals surface area contributed by atoms with Gasteiger partial charge in [-0.25, -0.2) is 9.78 Å². The van der Waals surface area contributed by atoms with Crippen molar-refractivity contribution in [1.82, 2.24) is 24.7 Å². The van der Waals surface area contributed by atoms with Crippen molar-refractivity contribution in [2.75, 3.05) is 26.2 Å². The molecule has 0 unspecified atom stereocenters. The molecule has 2 fully saturated rings. The van der Waals surface area contributed by atoms with Crippen LogP contribution in [0.3, 0.4) is 0 Å². The van der Waals surface area contributed by atoms with E-state index in [0.717, 1.165) is 43.6 Å². The summed E-state index contributed by atoms with van der Waals surface area (Å²) < 4.78 is 1.96. The first-order chi connectivity index (χ1) is 12.2. The third-order valence-corrected chi connectivity index (χ3v) is 5.18. The Bertz CT molecular complexity index is 716. The number of carbonyl (C=O) groups is 1. The summed E-state index contributed by atoms with van der Waals surface area (Å²) >= 11 is 0. The van der Waals surface area contributed by atoms with E-state index in [1.54, 1.807) is 6.20 Å². The lowest BCUT2D eigenvalue weighted by molar-refractivity contribution is 0.133. The minimum Gasteiger partial charge on any atom is -0.336 e. The average Bonchev–Trinajstić information content (AvgIpc) is 3.42. The summed E-state index contributed by atoms with van der Waals surface area (Å²) in [4.78, 5) is 21.7. The molecular weight excluding hydrogens is 314 g/mol. The minimum atomic E-state index is -0.241. The molecule has 25 heavy (non-hydrogen) atoms. The van der Waals surface area contributed by atoms with E-state index in [9.17, 15) is 4.79 Å². The second-order valence-electron chi connectivity index (χ2n) is 6.94. The summed E-state index contributed by atoms with van der Waals surface area (Å²) in [7, 11) is 1.96. The van der Waals surface area contributed by atoms with Crippen molar-refractivity contribution in [2.24, 2.45) is 7.05 Å². The predicted molar refractivity (Wildman–Crippen MR) is 96.2 cm³/mol.